The Morgan fingerprint density at radius 2 is 1.78 bits per heavy atom. The standard InChI is InChI=1S/C17H24N6/c1-3-23(14-7-5-4-6-8-14)17-15(18)16(19-13-20-17)22-11-9-21(2)10-12-22/h4-8,13H,3,9-12,18H2,1-2H3. The van der Waals surface area contributed by atoms with Crippen LogP contribution in [0.4, 0.5) is 23.0 Å². The molecular weight excluding hydrogens is 288 g/mol. The number of benzene rings is 1. The molecule has 0 spiro atoms. The van der Waals surface area contributed by atoms with E-state index < -0.39 is 0 Å². The summed E-state index contributed by atoms with van der Waals surface area (Å²) in [5.74, 6) is 1.63. The zero-order valence-electron chi connectivity index (χ0n) is 13.8. The van der Waals surface area contributed by atoms with E-state index in [0.717, 1.165) is 50.0 Å². The van der Waals surface area contributed by atoms with Gasteiger partial charge in [-0.15, -0.1) is 0 Å². The van der Waals surface area contributed by atoms with Crippen LogP contribution in [0.1, 0.15) is 6.92 Å². The lowest BCUT2D eigenvalue weighted by Gasteiger charge is -2.34. The summed E-state index contributed by atoms with van der Waals surface area (Å²) in [6, 6.07) is 10.2. The monoisotopic (exact) mass is 312 g/mol. The Morgan fingerprint density at radius 3 is 2.43 bits per heavy atom. The molecule has 0 amide bonds. The SMILES string of the molecule is CCN(c1ccccc1)c1ncnc(N2CCN(C)CC2)c1N. The zero-order chi connectivity index (χ0) is 16.2. The molecular formula is C17H24N6. The van der Waals surface area contributed by atoms with Crippen molar-refractivity contribution in [3.8, 4) is 0 Å². The van der Waals surface area contributed by atoms with E-state index in [9.17, 15) is 0 Å². The number of hydrogen-bond donors (Lipinski definition) is 1. The van der Waals surface area contributed by atoms with E-state index >= 15 is 0 Å². The Hall–Kier alpha value is -2.34. The normalized spacial score (nSPS) is 15.7. The Kier molecular flexibility index (Phi) is 4.62. The lowest BCUT2D eigenvalue weighted by atomic mass is 10.2. The van der Waals surface area contributed by atoms with Crippen LogP contribution in [-0.4, -0.2) is 54.6 Å². The number of hydrogen-bond acceptors (Lipinski definition) is 6. The fourth-order valence-electron chi connectivity index (χ4n) is 2.93. The molecule has 2 N–H and O–H groups in total. The number of rotatable bonds is 4. The van der Waals surface area contributed by atoms with Crippen LogP contribution in [0.25, 0.3) is 0 Å². The van der Waals surface area contributed by atoms with E-state index in [1.165, 1.54) is 0 Å². The number of aromatic nitrogens is 2. The first-order valence-corrected chi connectivity index (χ1v) is 8.07. The summed E-state index contributed by atoms with van der Waals surface area (Å²) in [6.45, 7) is 6.82. The highest BCUT2D eigenvalue weighted by Gasteiger charge is 2.21. The number of nitrogens with two attached hydrogens (primary N) is 1. The van der Waals surface area contributed by atoms with Crippen molar-refractivity contribution in [2.75, 3.05) is 55.3 Å². The molecule has 6 nitrogen and oxygen atoms in total. The number of nitrogen functional groups attached to an aromatic ring is 1. The molecule has 0 bridgehead atoms. The maximum absolute atomic E-state index is 6.44. The van der Waals surface area contributed by atoms with Crippen LogP contribution in [0.3, 0.4) is 0 Å². The van der Waals surface area contributed by atoms with Crippen molar-refractivity contribution >= 4 is 23.0 Å². The van der Waals surface area contributed by atoms with Crippen LogP contribution in [0.15, 0.2) is 36.7 Å². The van der Waals surface area contributed by atoms with E-state index in [1.807, 2.05) is 18.2 Å². The van der Waals surface area contributed by atoms with Gasteiger partial charge in [-0.2, -0.15) is 0 Å². The van der Waals surface area contributed by atoms with Gasteiger partial charge in [-0.3, -0.25) is 0 Å². The molecule has 2 heterocycles. The minimum absolute atomic E-state index is 0.655. The van der Waals surface area contributed by atoms with Gasteiger partial charge in [-0.25, -0.2) is 9.97 Å². The number of para-hydroxylation sites is 1. The van der Waals surface area contributed by atoms with Gasteiger partial charge in [0.2, 0.25) is 0 Å². The first-order chi connectivity index (χ1) is 11.2. The van der Waals surface area contributed by atoms with E-state index in [-0.39, 0.29) is 0 Å². The molecule has 0 radical (unpaired) electrons. The van der Waals surface area contributed by atoms with Crippen molar-refractivity contribution in [3.05, 3.63) is 36.7 Å². The largest absolute Gasteiger partial charge is 0.393 e. The van der Waals surface area contributed by atoms with Crippen molar-refractivity contribution in [3.63, 3.8) is 0 Å². The topological polar surface area (TPSA) is 61.5 Å². The van der Waals surface area contributed by atoms with E-state index in [4.69, 9.17) is 5.73 Å². The second-order valence-electron chi connectivity index (χ2n) is 5.80. The Balaban J connectivity index is 1.92. The second-order valence-corrected chi connectivity index (χ2v) is 5.80. The molecule has 1 fully saturated rings. The molecule has 0 unspecified atom stereocenters. The summed E-state index contributed by atoms with van der Waals surface area (Å²) in [7, 11) is 2.14. The van der Waals surface area contributed by atoms with Gasteiger partial charge in [0.05, 0.1) is 0 Å². The third-order valence-electron chi connectivity index (χ3n) is 4.28. The van der Waals surface area contributed by atoms with Gasteiger partial charge >= 0.3 is 0 Å². The number of anilines is 4. The molecule has 1 aliphatic heterocycles. The minimum Gasteiger partial charge on any atom is -0.393 e. The van der Waals surface area contributed by atoms with Crippen LogP contribution in [0.5, 0.6) is 0 Å². The molecule has 0 aliphatic carbocycles. The highest BCUT2D eigenvalue weighted by molar-refractivity contribution is 5.79. The summed E-state index contributed by atoms with van der Waals surface area (Å²) >= 11 is 0. The molecule has 3 rings (SSSR count). The first-order valence-electron chi connectivity index (χ1n) is 8.07. The predicted molar refractivity (Wildman–Crippen MR) is 95.3 cm³/mol. The van der Waals surface area contributed by atoms with Crippen molar-refractivity contribution in [2.45, 2.75) is 6.92 Å². The molecule has 1 saturated heterocycles. The third-order valence-corrected chi connectivity index (χ3v) is 4.28. The molecule has 122 valence electrons. The van der Waals surface area contributed by atoms with Gasteiger partial charge < -0.3 is 20.4 Å². The summed E-state index contributed by atoms with van der Waals surface area (Å²) in [6.07, 6.45) is 1.62. The maximum atomic E-state index is 6.44. The second kappa shape index (κ2) is 6.83. The lowest BCUT2D eigenvalue weighted by Crippen LogP contribution is -2.45. The maximum Gasteiger partial charge on any atom is 0.161 e. The van der Waals surface area contributed by atoms with Crippen LogP contribution in [0.2, 0.25) is 0 Å². The Bertz CT molecular complexity index is 637. The van der Waals surface area contributed by atoms with E-state index in [0.29, 0.717) is 5.69 Å². The molecule has 0 atom stereocenters. The summed E-state index contributed by atoms with van der Waals surface area (Å²) in [5.41, 5.74) is 8.18. The molecule has 1 aliphatic rings. The molecule has 0 saturated carbocycles. The first kappa shape index (κ1) is 15.6. The molecule has 6 heteroatoms. The molecule has 1 aromatic carbocycles. The zero-order valence-corrected chi connectivity index (χ0v) is 13.8. The smallest absolute Gasteiger partial charge is 0.161 e. The number of piperazine rings is 1. The molecule has 23 heavy (non-hydrogen) atoms. The van der Waals surface area contributed by atoms with Gasteiger partial charge in [0.1, 0.15) is 12.0 Å². The van der Waals surface area contributed by atoms with E-state index in [1.54, 1.807) is 6.33 Å². The summed E-state index contributed by atoms with van der Waals surface area (Å²) < 4.78 is 0. The fraction of sp³-hybridized carbons (Fsp3) is 0.412. The van der Waals surface area contributed by atoms with Gasteiger partial charge in [0.15, 0.2) is 11.6 Å². The minimum atomic E-state index is 0.655. The van der Waals surface area contributed by atoms with Crippen LogP contribution in [0, 0.1) is 0 Å². The van der Waals surface area contributed by atoms with Crippen LogP contribution < -0.4 is 15.5 Å². The fourth-order valence-corrected chi connectivity index (χ4v) is 2.93. The molecule has 1 aromatic heterocycles. The van der Waals surface area contributed by atoms with Gasteiger partial charge in [0, 0.05) is 38.4 Å². The lowest BCUT2D eigenvalue weighted by molar-refractivity contribution is 0.312. The highest BCUT2D eigenvalue weighted by atomic mass is 15.3. The average Bonchev–Trinajstić information content (AvgIpc) is 2.59. The van der Waals surface area contributed by atoms with Gasteiger partial charge in [0.25, 0.3) is 0 Å². The Labute approximate surface area is 137 Å². The van der Waals surface area contributed by atoms with Crippen molar-refractivity contribution < 1.29 is 0 Å². The third kappa shape index (κ3) is 3.22. The predicted octanol–water partition coefficient (Wildman–Crippen LogP) is 1.97. The quantitative estimate of drug-likeness (QED) is 0.931. The van der Waals surface area contributed by atoms with Crippen molar-refractivity contribution in [1.29, 1.82) is 0 Å². The molecule has 2 aromatic rings. The summed E-state index contributed by atoms with van der Waals surface area (Å²) in [5, 5.41) is 0. The average molecular weight is 312 g/mol. The Morgan fingerprint density at radius 1 is 1.09 bits per heavy atom. The van der Waals surface area contributed by atoms with Crippen molar-refractivity contribution in [1.82, 2.24) is 14.9 Å². The van der Waals surface area contributed by atoms with E-state index in [2.05, 4.69) is 50.8 Å². The number of nitrogens with zero attached hydrogens (tertiary/aromatic N) is 5. The van der Waals surface area contributed by atoms with Gasteiger partial charge in [-0.05, 0) is 26.1 Å². The van der Waals surface area contributed by atoms with Crippen LogP contribution in [-0.2, 0) is 0 Å². The number of likely N-dealkylation sites (N-methyl/N-ethyl adjacent to an activating group) is 1. The van der Waals surface area contributed by atoms with Crippen LogP contribution >= 0.6 is 0 Å². The van der Waals surface area contributed by atoms with Gasteiger partial charge in [-0.1, -0.05) is 18.2 Å². The highest BCUT2D eigenvalue weighted by Crippen LogP contribution is 2.33. The summed E-state index contributed by atoms with van der Waals surface area (Å²) in [4.78, 5) is 15.6. The van der Waals surface area contributed by atoms with Crippen molar-refractivity contribution in [2.24, 2.45) is 0 Å².